The van der Waals surface area contributed by atoms with Crippen LogP contribution in [0.4, 0.5) is 17.1 Å². The van der Waals surface area contributed by atoms with Gasteiger partial charge in [0.25, 0.3) is 0 Å². The van der Waals surface area contributed by atoms with E-state index in [2.05, 4.69) is 225 Å². The summed E-state index contributed by atoms with van der Waals surface area (Å²) in [5.41, 5.74) is 19.7. The Labute approximate surface area is 345 Å². The summed E-state index contributed by atoms with van der Waals surface area (Å²) in [6.07, 6.45) is 0. The van der Waals surface area contributed by atoms with Crippen LogP contribution in [0.25, 0.3) is 77.6 Å². The zero-order chi connectivity index (χ0) is 39.5. The van der Waals surface area contributed by atoms with Crippen LogP contribution in [0.3, 0.4) is 0 Å². The van der Waals surface area contributed by atoms with Gasteiger partial charge >= 0.3 is 0 Å². The highest BCUT2D eigenvalue weighted by Gasteiger charge is 2.35. The first kappa shape index (κ1) is 34.8. The fourth-order valence-electron chi connectivity index (χ4n) is 9.38. The Hall–Kier alpha value is -7.42. The maximum Gasteiger partial charge on any atom is 0.143 e. The predicted octanol–water partition coefficient (Wildman–Crippen LogP) is 16.0. The highest BCUT2D eigenvalue weighted by molar-refractivity contribution is 6.12. The number of furan rings is 1. The molecule has 0 bridgehead atoms. The van der Waals surface area contributed by atoms with Crippen LogP contribution in [0.2, 0.25) is 0 Å². The van der Waals surface area contributed by atoms with Gasteiger partial charge in [0.2, 0.25) is 0 Å². The van der Waals surface area contributed by atoms with Crippen LogP contribution >= 0.6 is 0 Å². The van der Waals surface area contributed by atoms with Crippen LogP contribution in [0.15, 0.2) is 217 Å². The summed E-state index contributed by atoms with van der Waals surface area (Å²) in [6.45, 7) is 4.70. The van der Waals surface area contributed by atoms with Crippen molar-refractivity contribution in [3.8, 4) is 55.6 Å². The average Bonchev–Trinajstić information content (AvgIpc) is 3.79. The lowest BCUT2D eigenvalue weighted by Crippen LogP contribution is -2.16. The topological polar surface area (TPSA) is 16.4 Å². The molecule has 59 heavy (non-hydrogen) atoms. The molecule has 0 aliphatic heterocycles. The van der Waals surface area contributed by atoms with Gasteiger partial charge in [-0.3, -0.25) is 0 Å². The standard InChI is InChI=1S/C57H41NO/c1-57(2)52-23-13-11-21-48(52)49-34-33-44(37-53(49)57)58(42-29-25-39(26-30-42)46-20-10-9-19-45(46)38-15-5-3-6-16-38)43-31-27-40(28-32-43)47-35-36-51-50-22-12-14-24-54(50)59-56(51)55(47)41-17-7-4-8-18-41/h3-37H,1-2H3. The number of fused-ring (bicyclic) bond motifs is 6. The van der Waals surface area contributed by atoms with Crippen LogP contribution in [-0.4, -0.2) is 0 Å². The summed E-state index contributed by atoms with van der Waals surface area (Å²) >= 11 is 0. The molecule has 0 unspecified atom stereocenters. The minimum absolute atomic E-state index is 0.119. The molecule has 0 fully saturated rings. The molecule has 11 rings (SSSR count). The monoisotopic (exact) mass is 755 g/mol. The largest absolute Gasteiger partial charge is 0.455 e. The Kier molecular flexibility index (Phi) is 8.20. The molecule has 2 nitrogen and oxygen atoms in total. The van der Waals surface area contributed by atoms with Crippen molar-refractivity contribution in [1.29, 1.82) is 0 Å². The van der Waals surface area contributed by atoms with E-state index in [1.165, 1.54) is 44.5 Å². The van der Waals surface area contributed by atoms with Gasteiger partial charge < -0.3 is 9.32 Å². The van der Waals surface area contributed by atoms with Crippen LogP contribution in [0, 0.1) is 0 Å². The summed E-state index contributed by atoms with van der Waals surface area (Å²) in [5, 5.41) is 2.26. The van der Waals surface area contributed by atoms with E-state index in [0.717, 1.165) is 61.3 Å². The van der Waals surface area contributed by atoms with Crippen molar-refractivity contribution >= 4 is 39.0 Å². The van der Waals surface area contributed by atoms with Crippen molar-refractivity contribution in [2.45, 2.75) is 19.3 Å². The van der Waals surface area contributed by atoms with Crippen LogP contribution in [0.5, 0.6) is 0 Å². The van der Waals surface area contributed by atoms with Crippen molar-refractivity contribution in [1.82, 2.24) is 0 Å². The molecular formula is C57H41NO. The minimum atomic E-state index is -0.119. The van der Waals surface area contributed by atoms with Crippen LogP contribution < -0.4 is 4.90 Å². The number of para-hydroxylation sites is 1. The van der Waals surface area contributed by atoms with E-state index in [9.17, 15) is 0 Å². The third kappa shape index (κ3) is 5.79. The SMILES string of the molecule is CC1(C)c2ccccc2-c2ccc(N(c3ccc(-c4ccccc4-c4ccccc4)cc3)c3ccc(-c4ccc5c(oc6ccccc65)c4-c4ccccc4)cc3)cc21. The zero-order valence-corrected chi connectivity index (χ0v) is 33.1. The van der Waals surface area contributed by atoms with E-state index in [0.29, 0.717) is 0 Å². The van der Waals surface area contributed by atoms with Gasteiger partial charge in [0.05, 0.1) is 0 Å². The smallest absolute Gasteiger partial charge is 0.143 e. The first-order valence-electron chi connectivity index (χ1n) is 20.4. The maximum absolute atomic E-state index is 6.62. The van der Waals surface area contributed by atoms with Crippen molar-refractivity contribution in [2.75, 3.05) is 4.90 Å². The molecule has 0 spiro atoms. The second-order valence-corrected chi connectivity index (χ2v) is 16.1. The van der Waals surface area contributed by atoms with Crippen molar-refractivity contribution in [3.05, 3.63) is 223 Å². The van der Waals surface area contributed by atoms with E-state index >= 15 is 0 Å². The Bertz CT molecular complexity index is 3160. The Morgan fingerprint density at radius 1 is 0.356 bits per heavy atom. The van der Waals surface area contributed by atoms with Gasteiger partial charge in [-0.25, -0.2) is 0 Å². The molecule has 0 saturated heterocycles. The third-order valence-electron chi connectivity index (χ3n) is 12.3. The number of nitrogens with zero attached hydrogens (tertiary/aromatic N) is 1. The first-order chi connectivity index (χ1) is 29.0. The Morgan fingerprint density at radius 2 is 0.847 bits per heavy atom. The number of rotatable bonds is 7. The second-order valence-electron chi connectivity index (χ2n) is 16.1. The molecule has 2 heteroatoms. The normalized spacial score (nSPS) is 12.7. The van der Waals surface area contributed by atoms with Crippen molar-refractivity contribution in [2.24, 2.45) is 0 Å². The van der Waals surface area contributed by atoms with E-state index in [1.54, 1.807) is 0 Å². The predicted molar refractivity (Wildman–Crippen MR) is 248 cm³/mol. The van der Waals surface area contributed by atoms with Gasteiger partial charge in [-0.2, -0.15) is 0 Å². The molecule has 1 aromatic heterocycles. The van der Waals surface area contributed by atoms with Gasteiger partial charge in [0, 0.05) is 38.8 Å². The fraction of sp³-hybridized carbons (Fsp3) is 0.0526. The lowest BCUT2D eigenvalue weighted by molar-refractivity contribution is 0.660. The summed E-state index contributed by atoms with van der Waals surface area (Å²) in [6, 6.07) is 76.7. The van der Waals surface area contributed by atoms with Crippen LogP contribution in [0.1, 0.15) is 25.0 Å². The van der Waals surface area contributed by atoms with Gasteiger partial charge in [-0.1, -0.05) is 178 Å². The third-order valence-corrected chi connectivity index (χ3v) is 12.3. The quantitative estimate of drug-likeness (QED) is 0.161. The number of benzene rings is 9. The first-order valence-corrected chi connectivity index (χ1v) is 20.4. The molecule has 0 N–H and O–H groups in total. The summed E-state index contributed by atoms with van der Waals surface area (Å²) in [5.74, 6) is 0. The second kappa shape index (κ2) is 13.9. The molecule has 1 heterocycles. The van der Waals surface area contributed by atoms with E-state index < -0.39 is 0 Å². The lowest BCUT2D eigenvalue weighted by Gasteiger charge is -2.28. The van der Waals surface area contributed by atoms with Gasteiger partial charge in [0.15, 0.2) is 0 Å². The summed E-state index contributed by atoms with van der Waals surface area (Å²) < 4.78 is 6.62. The highest BCUT2D eigenvalue weighted by Crippen LogP contribution is 2.51. The van der Waals surface area contributed by atoms with E-state index in [-0.39, 0.29) is 5.41 Å². The molecule has 280 valence electrons. The maximum atomic E-state index is 6.62. The molecule has 1 aliphatic rings. The molecule has 0 radical (unpaired) electrons. The highest BCUT2D eigenvalue weighted by atomic mass is 16.3. The molecule has 0 atom stereocenters. The summed E-state index contributed by atoms with van der Waals surface area (Å²) in [4.78, 5) is 2.40. The molecule has 10 aromatic rings. The average molecular weight is 756 g/mol. The fourth-order valence-corrected chi connectivity index (χ4v) is 9.38. The van der Waals surface area contributed by atoms with Gasteiger partial charge in [-0.15, -0.1) is 0 Å². The molecule has 0 amide bonds. The Morgan fingerprint density at radius 3 is 1.53 bits per heavy atom. The number of hydrogen-bond donors (Lipinski definition) is 0. The van der Waals surface area contributed by atoms with E-state index in [1.807, 2.05) is 6.07 Å². The zero-order valence-electron chi connectivity index (χ0n) is 33.1. The Balaban J connectivity index is 1.04. The molecular weight excluding hydrogens is 715 g/mol. The number of hydrogen-bond acceptors (Lipinski definition) is 2. The van der Waals surface area contributed by atoms with Crippen molar-refractivity contribution < 1.29 is 4.42 Å². The van der Waals surface area contributed by atoms with Crippen LogP contribution in [-0.2, 0) is 5.41 Å². The summed E-state index contributed by atoms with van der Waals surface area (Å²) in [7, 11) is 0. The number of anilines is 3. The lowest BCUT2D eigenvalue weighted by atomic mass is 9.82. The van der Waals surface area contributed by atoms with Crippen molar-refractivity contribution in [3.63, 3.8) is 0 Å². The molecule has 9 aromatic carbocycles. The minimum Gasteiger partial charge on any atom is -0.455 e. The van der Waals surface area contributed by atoms with Gasteiger partial charge in [0.1, 0.15) is 11.2 Å². The van der Waals surface area contributed by atoms with Gasteiger partial charge in [-0.05, 0) is 110 Å². The molecule has 1 aliphatic carbocycles. The molecule has 0 saturated carbocycles. The van der Waals surface area contributed by atoms with E-state index in [4.69, 9.17) is 4.42 Å².